The van der Waals surface area contributed by atoms with E-state index in [2.05, 4.69) is 11.9 Å². The van der Waals surface area contributed by atoms with Crippen molar-refractivity contribution in [2.75, 3.05) is 13.1 Å². The van der Waals surface area contributed by atoms with Gasteiger partial charge in [0.1, 0.15) is 0 Å². The Morgan fingerprint density at radius 2 is 2.31 bits per heavy atom. The zero-order chi connectivity index (χ0) is 9.84. The largest absolute Gasteiger partial charge is 0.348 e. The summed E-state index contributed by atoms with van der Waals surface area (Å²) in [5.41, 5.74) is 0. The van der Waals surface area contributed by atoms with Gasteiger partial charge < -0.3 is 10.2 Å². The van der Waals surface area contributed by atoms with Crippen LogP contribution in [0.1, 0.15) is 13.3 Å². The summed E-state index contributed by atoms with van der Waals surface area (Å²) in [6, 6.07) is 0.0920. The minimum atomic E-state index is -0.171. The number of nitrogens with zero attached hydrogens (tertiary/aromatic N) is 1. The average molecular weight is 182 g/mol. The van der Waals surface area contributed by atoms with Crippen LogP contribution in [-0.2, 0) is 9.59 Å². The Bertz CT molecular complexity index is 238. The fraction of sp³-hybridized carbons (Fsp3) is 0.556. The lowest BCUT2D eigenvalue weighted by Crippen LogP contribution is -2.37. The van der Waals surface area contributed by atoms with Crippen LogP contribution in [0.2, 0.25) is 0 Å². The molecule has 1 heterocycles. The summed E-state index contributed by atoms with van der Waals surface area (Å²) in [6.07, 6.45) is 2.08. The van der Waals surface area contributed by atoms with Gasteiger partial charge in [0.05, 0.1) is 0 Å². The smallest absolute Gasteiger partial charge is 0.243 e. The molecular weight excluding hydrogens is 168 g/mol. The Hall–Kier alpha value is -1.32. The molecule has 4 heteroatoms. The Balaban J connectivity index is 2.37. The summed E-state index contributed by atoms with van der Waals surface area (Å²) in [5.74, 6) is -0.106. The van der Waals surface area contributed by atoms with E-state index in [4.69, 9.17) is 0 Å². The first kappa shape index (κ1) is 9.77. The Morgan fingerprint density at radius 3 is 2.77 bits per heavy atom. The molecule has 1 rings (SSSR count). The summed E-state index contributed by atoms with van der Waals surface area (Å²) in [5, 5.41) is 2.76. The topological polar surface area (TPSA) is 49.4 Å². The maximum absolute atomic E-state index is 10.9. The van der Waals surface area contributed by atoms with Gasteiger partial charge in [0, 0.05) is 26.1 Å². The fourth-order valence-corrected chi connectivity index (χ4v) is 1.42. The SMILES string of the molecule is C=CC(=O)N[C@@H]1CCN(C(C)=O)C1. The van der Waals surface area contributed by atoms with Gasteiger partial charge in [-0.15, -0.1) is 0 Å². The molecule has 0 radical (unpaired) electrons. The van der Waals surface area contributed by atoms with Crippen LogP contribution in [0.3, 0.4) is 0 Å². The number of amides is 2. The highest BCUT2D eigenvalue weighted by atomic mass is 16.2. The van der Waals surface area contributed by atoms with Crippen LogP contribution in [0.25, 0.3) is 0 Å². The van der Waals surface area contributed by atoms with E-state index in [-0.39, 0.29) is 17.9 Å². The second-order valence-corrected chi connectivity index (χ2v) is 3.16. The average Bonchev–Trinajstić information content (AvgIpc) is 2.52. The third-order valence-corrected chi connectivity index (χ3v) is 2.17. The van der Waals surface area contributed by atoms with Crippen LogP contribution >= 0.6 is 0 Å². The maximum Gasteiger partial charge on any atom is 0.243 e. The number of nitrogens with one attached hydrogen (secondary N) is 1. The maximum atomic E-state index is 10.9. The lowest BCUT2D eigenvalue weighted by Gasteiger charge is -2.13. The zero-order valence-electron chi connectivity index (χ0n) is 7.75. The molecule has 0 aromatic heterocycles. The second kappa shape index (κ2) is 4.07. The number of carbonyl (C=O) groups excluding carboxylic acids is 2. The number of likely N-dealkylation sites (tertiary alicyclic amines) is 1. The molecule has 13 heavy (non-hydrogen) atoms. The van der Waals surface area contributed by atoms with E-state index in [9.17, 15) is 9.59 Å². The molecule has 1 aliphatic heterocycles. The fourth-order valence-electron chi connectivity index (χ4n) is 1.42. The highest BCUT2D eigenvalue weighted by Crippen LogP contribution is 2.08. The normalized spacial score (nSPS) is 21.3. The molecule has 1 N–H and O–H groups in total. The molecular formula is C9H14N2O2. The summed E-state index contributed by atoms with van der Waals surface area (Å²) < 4.78 is 0. The lowest BCUT2D eigenvalue weighted by molar-refractivity contribution is -0.128. The highest BCUT2D eigenvalue weighted by molar-refractivity contribution is 5.87. The molecule has 1 aliphatic rings. The van der Waals surface area contributed by atoms with Crippen molar-refractivity contribution in [2.24, 2.45) is 0 Å². The van der Waals surface area contributed by atoms with Crippen molar-refractivity contribution < 1.29 is 9.59 Å². The van der Waals surface area contributed by atoms with Crippen LogP contribution in [0, 0.1) is 0 Å². The van der Waals surface area contributed by atoms with E-state index in [1.54, 1.807) is 4.90 Å². The van der Waals surface area contributed by atoms with E-state index < -0.39 is 0 Å². The minimum absolute atomic E-state index is 0.0651. The predicted molar refractivity (Wildman–Crippen MR) is 49.0 cm³/mol. The van der Waals surface area contributed by atoms with Crippen molar-refractivity contribution in [3.05, 3.63) is 12.7 Å². The Kier molecular flexibility index (Phi) is 3.06. The molecule has 72 valence electrons. The number of carbonyl (C=O) groups is 2. The molecule has 0 spiro atoms. The van der Waals surface area contributed by atoms with Crippen LogP contribution < -0.4 is 5.32 Å². The summed E-state index contributed by atoms with van der Waals surface area (Å²) in [6.45, 7) is 6.26. The van der Waals surface area contributed by atoms with Crippen molar-refractivity contribution in [3.63, 3.8) is 0 Å². The number of hydrogen-bond donors (Lipinski definition) is 1. The van der Waals surface area contributed by atoms with Gasteiger partial charge in [0.25, 0.3) is 0 Å². The summed E-state index contributed by atoms with van der Waals surface area (Å²) in [4.78, 5) is 23.6. The van der Waals surface area contributed by atoms with Gasteiger partial charge in [-0.3, -0.25) is 9.59 Å². The van der Waals surface area contributed by atoms with Gasteiger partial charge in [0.15, 0.2) is 0 Å². The first-order valence-corrected chi connectivity index (χ1v) is 4.32. The molecule has 2 amide bonds. The lowest BCUT2D eigenvalue weighted by atomic mass is 10.2. The van der Waals surface area contributed by atoms with Gasteiger partial charge in [-0.25, -0.2) is 0 Å². The van der Waals surface area contributed by atoms with E-state index >= 15 is 0 Å². The monoisotopic (exact) mass is 182 g/mol. The molecule has 1 fully saturated rings. The van der Waals surface area contributed by atoms with Crippen molar-refractivity contribution >= 4 is 11.8 Å². The minimum Gasteiger partial charge on any atom is -0.348 e. The Labute approximate surface area is 77.6 Å². The van der Waals surface area contributed by atoms with Gasteiger partial charge in [0.2, 0.25) is 11.8 Å². The summed E-state index contributed by atoms with van der Waals surface area (Å²) in [7, 11) is 0. The molecule has 0 aromatic carbocycles. The van der Waals surface area contributed by atoms with Gasteiger partial charge in [-0.2, -0.15) is 0 Å². The molecule has 4 nitrogen and oxygen atoms in total. The first-order valence-electron chi connectivity index (χ1n) is 4.32. The van der Waals surface area contributed by atoms with Gasteiger partial charge >= 0.3 is 0 Å². The van der Waals surface area contributed by atoms with E-state index in [1.165, 1.54) is 13.0 Å². The molecule has 0 aromatic rings. The zero-order valence-corrected chi connectivity index (χ0v) is 7.75. The van der Waals surface area contributed by atoms with Gasteiger partial charge in [-0.05, 0) is 12.5 Å². The van der Waals surface area contributed by atoms with Crippen molar-refractivity contribution in [2.45, 2.75) is 19.4 Å². The van der Waals surface area contributed by atoms with Gasteiger partial charge in [-0.1, -0.05) is 6.58 Å². The molecule has 0 unspecified atom stereocenters. The number of hydrogen-bond acceptors (Lipinski definition) is 2. The molecule has 0 saturated carbocycles. The third kappa shape index (κ3) is 2.57. The molecule has 1 atom stereocenters. The summed E-state index contributed by atoms with van der Waals surface area (Å²) >= 11 is 0. The molecule has 0 aliphatic carbocycles. The second-order valence-electron chi connectivity index (χ2n) is 3.16. The van der Waals surface area contributed by atoms with E-state index in [0.717, 1.165) is 13.0 Å². The number of rotatable bonds is 2. The van der Waals surface area contributed by atoms with E-state index in [1.807, 2.05) is 0 Å². The Morgan fingerprint density at radius 1 is 1.62 bits per heavy atom. The molecule has 1 saturated heterocycles. The molecule has 0 bridgehead atoms. The van der Waals surface area contributed by atoms with Crippen molar-refractivity contribution in [3.8, 4) is 0 Å². The van der Waals surface area contributed by atoms with Crippen LogP contribution in [0.15, 0.2) is 12.7 Å². The van der Waals surface area contributed by atoms with Crippen molar-refractivity contribution in [1.29, 1.82) is 0 Å². The predicted octanol–water partition coefficient (Wildman–Crippen LogP) is -0.0906. The quantitative estimate of drug-likeness (QED) is 0.607. The first-order chi connectivity index (χ1) is 6.13. The third-order valence-electron chi connectivity index (χ3n) is 2.17. The van der Waals surface area contributed by atoms with Crippen LogP contribution in [0.4, 0.5) is 0 Å². The van der Waals surface area contributed by atoms with Crippen molar-refractivity contribution in [1.82, 2.24) is 10.2 Å². The highest BCUT2D eigenvalue weighted by Gasteiger charge is 2.24. The van der Waals surface area contributed by atoms with E-state index in [0.29, 0.717) is 6.54 Å². The van der Waals surface area contributed by atoms with Crippen LogP contribution in [0.5, 0.6) is 0 Å². The van der Waals surface area contributed by atoms with Crippen LogP contribution in [-0.4, -0.2) is 35.8 Å². The standard InChI is InChI=1S/C9H14N2O2/c1-3-9(13)10-8-4-5-11(6-8)7(2)12/h3,8H,1,4-6H2,2H3,(H,10,13)/t8-/m1/s1.